The van der Waals surface area contributed by atoms with E-state index in [0.717, 1.165) is 19.3 Å². The summed E-state index contributed by atoms with van der Waals surface area (Å²) in [5.41, 5.74) is 1.49. The van der Waals surface area contributed by atoms with Crippen LogP contribution >= 0.6 is 23.5 Å². The number of carbonyl (C=O) groups excluding carboxylic acids is 1. The first-order valence-electron chi connectivity index (χ1n) is 6.81. The second-order valence-electron chi connectivity index (χ2n) is 6.24. The Hall–Kier alpha value is -0.150. The van der Waals surface area contributed by atoms with Crippen LogP contribution in [0.5, 0.6) is 0 Å². The lowest BCUT2D eigenvalue weighted by atomic mass is 9.63. The molecule has 0 radical (unpaired) electrons. The molecule has 0 aromatic heterocycles. The van der Waals surface area contributed by atoms with Gasteiger partial charge in [-0.2, -0.15) is 0 Å². The number of hydrogen-bond acceptors (Lipinski definition) is 3. The minimum absolute atomic E-state index is 0.159. The molecule has 1 heterocycles. The van der Waals surface area contributed by atoms with Gasteiger partial charge in [0.1, 0.15) is 5.78 Å². The molecule has 18 heavy (non-hydrogen) atoms. The fraction of sp³-hybridized carbons (Fsp3) is 0.667. The van der Waals surface area contributed by atoms with Gasteiger partial charge in [-0.1, -0.05) is 24.3 Å². The van der Waals surface area contributed by atoms with Gasteiger partial charge in [0.05, 0.1) is 4.08 Å². The largest absolute Gasteiger partial charge is 0.299 e. The standard InChI is InChI=1S/C15H18OS2/c1-10-7-14-2-3-15(17-4-5-18-15)9-12(14)13(16)6-11(10)8-14/h2-3,11-12H,1,4-9H2/t11?,12-,14-/m1/s1. The van der Waals surface area contributed by atoms with Crippen LogP contribution in [0.4, 0.5) is 0 Å². The predicted molar refractivity (Wildman–Crippen MR) is 78.8 cm³/mol. The summed E-state index contributed by atoms with van der Waals surface area (Å²) < 4.78 is 0.225. The second-order valence-corrected chi connectivity index (χ2v) is 9.35. The van der Waals surface area contributed by atoms with Crippen LogP contribution in [0.25, 0.3) is 0 Å². The number of hydrogen-bond donors (Lipinski definition) is 0. The first kappa shape index (κ1) is 11.7. The Balaban J connectivity index is 1.76. The SMILES string of the molecule is C=C1C[C@@]23C=CC4(C[C@@H]2C(=O)CC1C3)SCCS4. The summed E-state index contributed by atoms with van der Waals surface area (Å²) >= 11 is 4.10. The van der Waals surface area contributed by atoms with E-state index in [0.29, 0.717) is 11.7 Å². The predicted octanol–water partition coefficient (Wildman–Crippen LogP) is 3.66. The fourth-order valence-electron chi connectivity index (χ4n) is 4.32. The van der Waals surface area contributed by atoms with E-state index in [1.165, 1.54) is 23.5 Å². The zero-order valence-corrected chi connectivity index (χ0v) is 12.1. The van der Waals surface area contributed by atoms with Gasteiger partial charge in [-0.15, -0.1) is 23.5 Å². The van der Waals surface area contributed by atoms with E-state index >= 15 is 0 Å². The van der Waals surface area contributed by atoms with E-state index in [2.05, 4.69) is 18.7 Å². The average molecular weight is 278 g/mol. The van der Waals surface area contributed by atoms with Crippen LogP contribution in [0.3, 0.4) is 0 Å². The van der Waals surface area contributed by atoms with E-state index in [1.54, 1.807) is 0 Å². The van der Waals surface area contributed by atoms with Gasteiger partial charge in [0, 0.05) is 29.3 Å². The van der Waals surface area contributed by atoms with Crippen molar-refractivity contribution in [3.8, 4) is 0 Å². The third-order valence-electron chi connectivity index (χ3n) is 5.22. The molecule has 3 atom stereocenters. The summed E-state index contributed by atoms with van der Waals surface area (Å²) in [4.78, 5) is 12.5. The van der Waals surface area contributed by atoms with Gasteiger partial charge in [0.2, 0.25) is 0 Å². The third kappa shape index (κ3) is 1.46. The van der Waals surface area contributed by atoms with Crippen molar-refractivity contribution < 1.29 is 4.79 Å². The summed E-state index contributed by atoms with van der Waals surface area (Å²) in [6, 6.07) is 0. The lowest BCUT2D eigenvalue weighted by molar-refractivity contribution is -0.129. The molecule has 0 aromatic carbocycles. The maximum Gasteiger partial charge on any atom is 0.137 e. The molecular weight excluding hydrogens is 260 g/mol. The zero-order valence-electron chi connectivity index (χ0n) is 10.5. The van der Waals surface area contributed by atoms with Crippen molar-refractivity contribution in [1.29, 1.82) is 0 Å². The van der Waals surface area contributed by atoms with Gasteiger partial charge < -0.3 is 0 Å². The molecule has 0 amide bonds. The van der Waals surface area contributed by atoms with Crippen molar-refractivity contribution in [3.05, 3.63) is 24.3 Å². The van der Waals surface area contributed by atoms with Crippen LogP contribution in [-0.2, 0) is 4.79 Å². The topological polar surface area (TPSA) is 17.1 Å². The lowest BCUT2D eigenvalue weighted by Gasteiger charge is -2.45. The van der Waals surface area contributed by atoms with Crippen LogP contribution in [0.2, 0.25) is 0 Å². The highest BCUT2D eigenvalue weighted by atomic mass is 32.2. The van der Waals surface area contributed by atoms with E-state index in [4.69, 9.17) is 0 Å². The van der Waals surface area contributed by atoms with Crippen molar-refractivity contribution in [3.63, 3.8) is 0 Å². The molecule has 4 rings (SSSR count). The van der Waals surface area contributed by atoms with Gasteiger partial charge in [-0.25, -0.2) is 0 Å². The first-order valence-corrected chi connectivity index (χ1v) is 8.78. The van der Waals surface area contributed by atoms with Gasteiger partial charge in [-0.05, 0) is 25.2 Å². The summed E-state index contributed by atoms with van der Waals surface area (Å²) in [6.07, 6.45) is 8.93. The van der Waals surface area contributed by atoms with Crippen molar-refractivity contribution in [2.24, 2.45) is 17.3 Å². The summed E-state index contributed by atoms with van der Waals surface area (Å²) in [5, 5.41) is 0. The molecule has 3 aliphatic carbocycles. The van der Waals surface area contributed by atoms with E-state index in [9.17, 15) is 4.79 Å². The van der Waals surface area contributed by atoms with E-state index in [-0.39, 0.29) is 15.4 Å². The van der Waals surface area contributed by atoms with Gasteiger partial charge >= 0.3 is 0 Å². The molecule has 2 bridgehead atoms. The molecular formula is C15H18OS2. The number of fused-ring (bicyclic) bond motifs is 1. The maximum absolute atomic E-state index is 12.5. The minimum atomic E-state index is 0.159. The first-order chi connectivity index (χ1) is 8.63. The third-order valence-corrected chi connectivity index (χ3v) is 8.59. The normalized spacial score (nSPS) is 44.7. The number of Topliss-reactive ketones (excluding diaryl/α,β-unsaturated/α-hetero) is 1. The highest BCUT2D eigenvalue weighted by Gasteiger charge is 2.57. The lowest BCUT2D eigenvalue weighted by Crippen LogP contribution is -2.43. The summed E-state index contributed by atoms with van der Waals surface area (Å²) in [6.45, 7) is 4.21. The monoisotopic (exact) mass is 278 g/mol. The Bertz CT molecular complexity index is 461. The maximum atomic E-state index is 12.5. The van der Waals surface area contributed by atoms with E-state index < -0.39 is 0 Å². The van der Waals surface area contributed by atoms with Crippen LogP contribution in [0.1, 0.15) is 25.7 Å². The smallest absolute Gasteiger partial charge is 0.137 e. The molecule has 0 aromatic rings. The minimum Gasteiger partial charge on any atom is -0.299 e. The fourth-order valence-corrected chi connectivity index (χ4v) is 7.41. The van der Waals surface area contributed by atoms with Crippen molar-refractivity contribution >= 4 is 29.3 Å². The quantitative estimate of drug-likeness (QED) is 0.629. The summed E-state index contributed by atoms with van der Waals surface area (Å²) in [7, 11) is 0. The zero-order chi connectivity index (χ0) is 12.4. The number of allylic oxidation sites excluding steroid dienone is 2. The molecule has 0 N–H and O–H groups in total. The molecule has 1 aliphatic heterocycles. The van der Waals surface area contributed by atoms with Crippen LogP contribution < -0.4 is 0 Å². The second kappa shape index (κ2) is 3.69. The number of rotatable bonds is 0. The molecule has 96 valence electrons. The Morgan fingerprint density at radius 2 is 2.00 bits per heavy atom. The average Bonchev–Trinajstić information content (AvgIpc) is 2.88. The van der Waals surface area contributed by atoms with Crippen LogP contribution in [-0.4, -0.2) is 21.4 Å². The van der Waals surface area contributed by atoms with Crippen molar-refractivity contribution in [2.75, 3.05) is 11.5 Å². The molecule has 2 saturated carbocycles. The molecule has 1 nitrogen and oxygen atoms in total. The van der Waals surface area contributed by atoms with Gasteiger partial charge in [0.15, 0.2) is 0 Å². The van der Waals surface area contributed by atoms with Gasteiger partial charge in [-0.3, -0.25) is 4.79 Å². The molecule has 3 fully saturated rings. The molecule has 4 aliphatic rings. The number of ketones is 1. The number of thioether (sulfide) groups is 2. The molecule has 2 spiro atoms. The van der Waals surface area contributed by atoms with Crippen LogP contribution in [0, 0.1) is 17.3 Å². The number of carbonyl (C=O) groups is 1. The van der Waals surface area contributed by atoms with Crippen molar-refractivity contribution in [1.82, 2.24) is 0 Å². The van der Waals surface area contributed by atoms with Crippen molar-refractivity contribution in [2.45, 2.75) is 29.8 Å². The molecule has 1 saturated heterocycles. The Morgan fingerprint density at radius 3 is 2.78 bits per heavy atom. The highest BCUT2D eigenvalue weighted by Crippen LogP contribution is 2.63. The molecule has 3 heteroatoms. The van der Waals surface area contributed by atoms with E-state index in [1.807, 2.05) is 23.5 Å². The Morgan fingerprint density at radius 1 is 1.22 bits per heavy atom. The summed E-state index contributed by atoms with van der Waals surface area (Å²) in [5.74, 6) is 3.74. The molecule has 1 unspecified atom stereocenters. The Kier molecular flexibility index (Phi) is 2.39. The van der Waals surface area contributed by atoms with Gasteiger partial charge in [0.25, 0.3) is 0 Å². The highest BCUT2D eigenvalue weighted by molar-refractivity contribution is 8.21. The Labute approximate surface area is 117 Å². The van der Waals surface area contributed by atoms with Crippen LogP contribution in [0.15, 0.2) is 24.3 Å².